The number of aromatic nitrogens is 1. The van der Waals surface area contributed by atoms with Gasteiger partial charge in [-0.2, -0.15) is 0 Å². The first-order valence-electron chi connectivity index (χ1n) is 10.3. The average molecular weight is 380 g/mol. The molecule has 1 aromatic carbocycles. The van der Waals surface area contributed by atoms with Crippen LogP contribution in [0.3, 0.4) is 0 Å². The smallest absolute Gasteiger partial charge is 0.178 e. The van der Waals surface area contributed by atoms with Crippen LogP contribution in [0.4, 0.5) is 0 Å². The molecule has 4 heteroatoms. The lowest BCUT2D eigenvalue weighted by Gasteiger charge is -2.57. The third-order valence-electron chi connectivity index (χ3n) is 7.25. The molecule has 140 valence electrons. The summed E-state index contributed by atoms with van der Waals surface area (Å²) in [6, 6.07) is 10.3. The Balaban J connectivity index is 1.16. The Kier molecular flexibility index (Phi) is 3.65. The molecule has 0 radical (unpaired) electrons. The van der Waals surface area contributed by atoms with Crippen LogP contribution in [0.25, 0.3) is 21.5 Å². The lowest BCUT2D eigenvalue weighted by atomic mass is 9.49. The van der Waals surface area contributed by atoms with E-state index >= 15 is 0 Å². The minimum absolute atomic E-state index is 0.585. The number of fused-ring (bicyclic) bond motifs is 1. The first kappa shape index (κ1) is 16.2. The van der Waals surface area contributed by atoms with Crippen molar-refractivity contribution in [2.75, 3.05) is 6.61 Å². The molecule has 0 saturated heterocycles. The van der Waals surface area contributed by atoms with Crippen LogP contribution in [0, 0.1) is 23.2 Å². The number of nitrogens with zero attached hydrogens (tertiary/aromatic N) is 1. The van der Waals surface area contributed by atoms with Crippen molar-refractivity contribution in [3.05, 3.63) is 35.7 Å². The fourth-order valence-corrected chi connectivity index (χ4v) is 7.39. The molecule has 0 N–H and O–H groups in total. The molecular formula is C23H25NO2S. The SMILES string of the molecule is c1cc(OCCC23CC4CC(CC(C4)C2)C3)cc(-c2noc3ccsc23)c1. The van der Waals surface area contributed by atoms with Gasteiger partial charge < -0.3 is 9.26 Å². The third kappa shape index (κ3) is 2.80. The van der Waals surface area contributed by atoms with Crippen molar-refractivity contribution >= 4 is 21.6 Å². The number of thiophene rings is 1. The molecule has 4 fully saturated rings. The van der Waals surface area contributed by atoms with Crippen LogP contribution in [0.2, 0.25) is 0 Å². The van der Waals surface area contributed by atoms with Crippen molar-refractivity contribution in [2.45, 2.75) is 44.9 Å². The van der Waals surface area contributed by atoms with Gasteiger partial charge >= 0.3 is 0 Å². The normalized spacial score (nSPS) is 31.6. The molecule has 3 aromatic rings. The highest BCUT2D eigenvalue weighted by Crippen LogP contribution is 2.61. The summed E-state index contributed by atoms with van der Waals surface area (Å²) in [6.45, 7) is 0.836. The minimum Gasteiger partial charge on any atom is -0.494 e. The van der Waals surface area contributed by atoms with Gasteiger partial charge in [0.2, 0.25) is 0 Å². The highest BCUT2D eigenvalue weighted by molar-refractivity contribution is 7.17. The van der Waals surface area contributed by atoms with Crippen molar-refractivity contribution in [1.29, 1.82) is 0 Å². The molecule has 4 aliphatic rings. The second-order valence-electron chi connectivity index (χ2n) is 9.19. The molecule has 0 atom stereocenters. The Labute approximate surface area is 163 Å². The molecule has 3 nitrogen and oxygen atoms in total. The van der Waals surface area contributed by atoms with Crippen molar-refractivity contribution < 1.29 is 9.26 Å². The second kappa shape index (κ2) is 6.10. The van der Waals surface area contributed by atoms with Crippen LogP contribution in [-0.4, -0.2) is 11.8 Å². The van der Waals surface area contributed by atoms with E-state index in [-0.39, 0.29) is 0 Å². The molecule has 0 aliphatic heterocycles. The van der Waals surface area contributed by atoms with Gasteiger partial charge in [-0.1, -0.05) is 17.3 Å². The van der Waals surface area contributed by atoms with Gasteiger partial charge in [-0.3, -0.25) is 0 Å². The number of ether oxygens (including phenoxy) is 1. The Hall–Kier alpha value is -1.81. The molecule has 27 heavy (non-hydrogen) atoms. The summed E-state index contributed by atoms with van der Waals surface area (Å²) in [5.74, 6) is 3.99. The quantitative estimate of drug-likeness (QED) is 0.505. The molecule has 2 heterocycles. The fourth-order valence-electron chi connectivity index (χ4n) is 6.58. The highest BCUT2D eigenvalue weighted by atomic mass is 32.1. The fraction of sp³-hybridized carbons (Fsp3) is 0.522. The van der Waals surface area contributed by atoms with E-state index < -0.39 is 0 Å². The molecule has 0 amide bonds. The monoisotopic (exact) mass is 379 g/mol. The van der Waals surface area contributed by atoms with E-state index in [0.29, 0.717) is 5.41 Å². The maximum atomic E-state index is 6.22. The summed E-state index contributed by atoms with van der Waals surface area (Å²) in [6.07, 6.45) is 10.1. The number of hydrogen-bond acceptors (Lipinski definition) is 4. The van der Waals surface area contributed by atoms with Gasteiger partial charge in [0.25, 0.3) is 0 Å². The summed E-state index contributed by atoms with van der Waals surface area (Å²) in [7, 11) is 0. The number of rotatable bonds is 5. The van der Waals surface area contributed by atoms with E-state index in [1.807, 2.05) is 11.4 Å². The summed E-state index contributed by atoms with van der Waals surface area (Å²) in [5.41, 5.74) is 3.44. The van der Waals surface area contributed by atoms with Crippen molar-refractivity contribution in [2.24, 2.45) is 23.2 Å². The molecule has 4 bridgehead atoms. The first-order valence-corrected chi connectivity index (χ1v) is 11.2. The van der Waals surface area contributed by atoms with E-state index in [4.69, 9.17) is 9.26 Å². The lowest BCUT2D eigenvalue weighted by molar-refractivity contribution is -0.0622. The van der Waals surface area contributed by atoms with Gasteiger partial charge in [0.1, 0.15) is 16.1 Å². The Morgan fingerprint density at radius 3 is 2.63 bits per heavy atom. The number of hydrogen-bond donors (Lipinski definition) is 0. The van der Waals surface area contributed by atoms with Crippen LogP contribution >= 0.6 is 11.3 Å². The Bertz CT molecular complexity index is 936. The highest BCUT2D eigenvalue weighted by Gasteiger charge is 2.50. The topological polar surface area (TPSA) is 35.3 Å². The van der Waals surface area contributed by atoms with Gasteiger partial charge in [0.15, 0.2) is 5.58 Å². The van der Waals surface area contributed by atoms with E-state index in [0.717, 1.165) is 51.7 Å². The molecule has 0 unspecified atom stereocenters. The molecule has 4 aliphatic carbocycles. The van der Waals surface area contributed by atoms with Gasteiger partial charge in [0, 0.05) is 5.56 Å². The molecule has 2 aromatic heterocycles. The van der Waals surface area contributed by atoms with E-state index in [1.54, 1.807) is 11.3 Å². The van der Waals surface area contributed by atoms with Crippen LogP contribution in [0.5, 0.6) is 5.75 Å². The van der Waals surface area contributed by atoms with Crippen LogP contribution in [0.1, 0.15) is 44.9 Å². The van der Waals surface area contributed by atoms with Crippen LogP contribution < -0.4 is 4.74 Å². The Morgan fingerprint density at radius 2 is 1.85 bits per heavy atom. The third-order valence-corrected chi connectivity index (χ3v) is 8.16. The maximum Gasteiger partial charge on any atom is 0.178 e. The predicted molar refractivity (Wildman–Crippen MR) is 108 cm³/mol. The van der Waals surface area contributed by atoms with E-state index in [2.05, 4.69) is 29.4 Å². The average Bonchev–Trinajstić information content (AvgIpc) is 3.24. The zero-order chi connectivity index (χ0) is 17.8. The molecular weight excluding hydrogens is 354 g/mol. The first-order chi connectivity index (χ1) is 13.3. The summed E-state index contributed by atoms with van der Waals surface area (Å²) < 4.78 is 12.8. The molecule has 0 spiro atoms. The van der Waals surface area contributed by atoms with Gasteiger partial charge in [-0.25, -0.2) is 0 Å². The van der Waals surface area contributed by atoms with Gasteiger partial charge in [0.05, 0.1) is 6.61 Å². The summed E-state index contributed by atoms with van der Waals surface area (Å²) in [5, 5.41) is 6.30. The van der Waals surface area contributed by atoms with Gasteiger partial charge in [-0.05, 0) is 91.7 Å². The van der Waals surface area contributed by atoms with Crippen molar-refractivity contribution in [3.8, 4) is 17.0 Å². The Morgan fingerprint density at radius 1 is 1.07 bits per heavy atom. The van der Waals surface area contributed by atoms with Crippen molar-refractivity contribution in [3.63, 3.8) is 0 Å². The van der Waals surface area contributed by atoms with E-state index in [9.17, 15) is 0 Å². The molecule has 7 rings (SSSR count). The minimum atomic E-state index is 0.585. The largest absolute Gasteiger partial charge is 0.494 e. The number of benzene rings is 1. The summed E-state index contributed by atoms with van der Waals surface area (Å²) >= 11 is 1.67. The zero-order valence-corrected chi connectivity index (χ0v) is 16.3. The second-order valence-corrected chi connectivity index (χ2v) is 10.1. The summed E-state index contributed by atoms with van der Waals surface area (Å²) in [4.78, 5) is 0. The standard InChI is InChI=1S/C23H25NO2S/c1-2-18(21-22-20(26-24-21)4-7-27-22)11-19(3-1)25-6-5-23-12-15-8-16(13-23)10-17(9-15)14-23/h1-4,7,11,15-17H,5-6,8-10,12-14H2. The van der Waals surface area contributed by atoms with Crippen LogP contribution in [-0.2, 0) is 0 Å². The van der Waals surface area contributed by atoms with E-state index in [1.165, 1.54) is 44.9 Å². The zero-order valence-electron chi connectivity index (χ0n) is 15.5. The maximum absolute atomic E-state index is 6.22. The van der Waals surface area contributed by atoms with Gasteiger partial charge in [-0.15, -0.1) is 11.3 Å². The van der Waals surface area contributed by atoms with Crippen LogP contribution in [0.15, 0.2) is 40.2 Å². The van der Waals surface area contributed by atoms with Crippen molar-refractivity contribution in [1.82, 2.24) is 5.16 Å². The molecule has 4 saturated carbocycles. The predicted octanol–water partition coefficient (Wildman–Crippen LogP) is 6.54. The lowest BCUT2D eigenvalue weighted by Crippen LogP contribution is -2.46.